The van der Waals surface area contributed by atoms with E-state index in [4.69, 9.17) is 4.74 Å². The van der Waals surface area contributed by atoms with Gasteiger partial charge in [0.2, 0.25) is 5.91 Å². The zero-order valence-electron chi connectivity index (χ0n) is 14.3. The molecule has 1 N–H and O–H groups in total. The van der Waals surface area contributed by atoms with E-state index in [9.17, 15) is 14.9 Å². The van der Waals surface area contributed by atoms with Crippen molar-refractivity contribution in [1.82, 2.24) is 5.43 Å². The summed E-state index contributed by atoms with van der Waals surface area (Å²) in [6, 6.07) is 15.6. The molecule has 0 radical (unpaired) electrons. The van der Waals surface area contributed by atoms with Crippen LogP contribution < -0.4 is 5.43 Å². The number of ether oxygens (including phenoxy) is 1. The van der Waals surface area contributed by atoms with Crippen LogP contribution in [0.3, 0.4) is 0 Å². The fraction of sp³-hybridized carbons (Fsp3) is 0.263. The number of nitro groups is 1. The van der Waals surface area contributed by atoms with E-state index in [1.165, 1.54) is 18.3 Å². The number of rotatable bonds is 7. The Morgan fingerprint density at radius 1 is 1.31 bits per heavy atom. The number of nitrogens with zero attached hydrogens (tertiary/aromatic N) is 2. The van der Waals surface area contributed by atoms with Crippen LogP contribution in [0, 0.1) is 16.0 Å². The Balaban J connectivity index is 1.62. The summed E-state index contributed by atoms with van der Waals surface area (Å²) in [5.41, 5.74) is 3.60. The lowest BCUT2D eigenvalue weighted by molar-refractivity contribution is -0.384. The Morgan fingerprint density at radius 3 is 2.62 bits per heavy atom. The largest absolute Gasteiger partial charge is 0.370 e. The minimum atomic E-state index is -0.580. The molecule has 1 amide bonds. The van der Waals surface area contributed by atoms with Crippen molar-refractivity contribution >= 4 is 17.8 Å². The lowest BCUT2D eigenvalue weighted by atomic mass is 10.1. The molecule has 7 nitrogen and oxygen atoms in total. The molecule has 0 bridgehead atoms. The van der Waals surface area contributed by atoms with Gasteiger partial charge in [0, 0.05) is 18.7 Å². The van der Waals surface area contributed by atoms with Crippen molar-refractivity contribution in [3.05, 3.63) is 75.8 Å². The fourth-order valence-electron chi connectivity index (χ4n) is 3.02. The van der Waals surface area contributed by atoms with E-state index in [1.807, 2.05) is 37.3 Å². The van der Waals surface area contributed by atoms with Gasteiger partial charge in [-0.25, -0.2) is 5.43 Å². The molecule has 3 rings (SSSR count). The Morgan fingerprint density at radius 2 is 2.00 bits per heavy atom. The van der Waals surface area contributed by atoms with Gasteiger partial charge in [0.15, 0.2) is 0 Å². The number of nitrogens with one attached hydrogen (secondary N) is 1. The lowest BCUT2D eigenvalue weighted by Gasteiger charge is -2.17. The molecular formula is C19H19N3O4. The smallest absolute Gasteiger partial charge is 0.269 e. The molecule has 26 heavy (non-hydrogen) atoms. The summed E-state index contributed by atoms with van der Waals surface area (Å²) in [4.78, 5) is 22.6. The molecule has 0 aromatic heterocycles. The summed E-state index contributed by atoms with van der Waals surface area (Å²) in [6.45, 7) is 2.43. The number of hydrazone groups is 1. The summed E-state index contributed by atoms with van der Waals surface area (Å²) >= 11 is 0. The van der Waals surface area contributed by atoms with Crippen LogP contribution in [0.4, 0.5) is 5.69 Å². The van der Waals surface area contributed by atoms with Crippen molar-refractivity contribution in [2.24, 2.45) is 11.0 Å². The van der Waals surface area contributed by atoms with Gasteiger partial charge >= 0.3 is 0 Å². The van der Waals surface area contributed by atoms with Gasteiger partial charge in [-0.3, -0.25) is 14.9 Å². The number of carbonyl (C=O) groups is 1. The second-order valence-electron chi connectivity index (χ2n) is 6.03. The van der Waals surface area contributed by atoms with Crippen molar-refractivity contribution in [1.29, 1.82) is 0 Å². The summed E-state index contributed by atoms with van der Waals surface area (Å²) in [6.07, 6.45) is 2.07. The average Bonchev–Trinajstić information content (AvgIpc) is 3.39. The van der Waals surface area contributed by atoms with E-state index in [0.717, 1.165) is 5.56 Å². The van der Waals surface area contributed by atoms with E-state index < -0.39 is 10.5 Å². The number of carbonyl (C=O) groups excluding carboxylic acids is 1. The normalized spacial score (nSPS) is 21.5. The zero-order valence-corrected chi connectivity index (χ0v) is 14.3. The third-order valence-corrected chi connectivity index (χ3v) is 4.38. The Bertz CT molecular complexity index is 820. The van der Waals surface area contributed by atoms with Crippen LogP contribution in [0.15, 0.2) is 59.7 Å². The maximum atomic E-state index is 12.4. The fourth-order valence-corrected chi connectivity index (χ4v) is 3.02. The van der Waals surface area contributed by atoms with Crippen LogP contribution in [0.25, 0.3) is 0 Å². The molecule has 2 aromatic carbocycles. The molecule has 1 aliphatic rings. The highest BCUT2D eigenvalue weighted by Gasteiger charge is 2.60. The number of amides is 1. The molecule has 0 saturated heterocycles. The van der Waals surface area contributed by atoms with E-state index in [1.54, 1.807) is 12.1 Å². The zero-order chi connectivity index (χ0) is 18.6. The molecule has 7 heteroatoms. The SMILES string of the molecule is CCO[C@@]1(c2ccccc2)C[C@H]1C(=O)N/N=C\c1ccc([N+](=O)[O-])cc1. The molecule has 0 spiro atoms. The van der Waals surface area contributed by atoms with Crippen molar-refractivity contribution in [2.75, 3.05) is 6.61 Å². The van der Waals surface area contributed by atoms with Gasteiger partial charge in [0.1, 0.15) is 5.60 Å². The quantitative estimate of drug-likeness (QED) is 0.470. The first-order valence-electron chi connectivity index (χ1n) is 8.33. The molecule has 1 aliphatic carbocycles. The minimum Gasteiger partial charge on any atom is -0.370 e. The highest BCUT2D eigenvalue weighted by molar-refractivity contribution is 5.86. The molecule has 1 fully saturated rings. The first kappa shape index (κ1) is 17.8. The van der Waals surface area contributed by atoms with E-state index in [2.05, 4.69) is 10.5 Å². The first-order chi connectivity index (χ1) is 12.6. The standard InChI is InChI=1S/C19H19N3O4/c1-2-26-19(15-6-4-3-5-7-15)12-17(19)18(23)21-20-13-14-8-10-16(11-9-14)22(24)25/h3-11,13,17H,2,12H2,1H3,(H,21,23)/b20-13-/t17-,19+/m0/s1. The van der Waals surface area contributed by atoms with E-state index >= 15 is 0 Å². The molecule has 134 valence electrons. The number of nitro benzene ring substituents is 1. The molecular weight excluding hydrogens is 334 g/mol. The monoisotopic (exact) mass is 353 g/mol. The van der Waals surface area contributed by atoms with Crippen molar-refractivity contribution in [2.45, 2.75) is 18.9 Å². The van der Waals surface area contributed by atoms with Gasteiger partial charge in [-0.2, -0.15) is 5.10 Å². The highest BCUT2D eigenvalue weighted by atomic mass is 16.6. The third-order valence-electron chi connectivity index (χ3n) is 4.38. The van der Waals surface area contributed by atoms with Gasteiger partial charge in [0.25, 0.3) is 5.69 Å². The molecule has 0 aliphatic heterocycles. The number of benzene rings is 2. The van der Waals surface area contributed by atoms with Crippen molar-refractivity contribution in [3.63, 3.8) is 0 Å². The maximum absolute atomic E-state index is 12.4. The number of non-ortho nitro benzene ring substituents is 1. The number of hydrogen-bond acceptors (Lipinski definition) is 5. The third kappa shape index (κ3) is 3.62. The molecule has 0 heterocycles. The van der Waals surface area contributed by atoms with Crippen LogP contribution in [-0.2, 0) is 15.1 Å². The highest BCUT2D eigenvalue weighted by Crippen LogP contribution is 2.55. The minimum absolute atomic E-state index is 0.00789. The lowest BCUT2D eigenvalue weighted by Crippen LogP contribution is -2.26. The van der Waals surface area contributed by atoms with Crippen molar-refractivity contribution < 1.29 is 14.5 Å². The summed E-state index contributed by atoms with van der Waals surface area (Å²) in [5.74, 6) is -0.501. The van der Waals surface area contributed by atoms with Crippen LogP contribution >= 0.6 is 0 Å². The van der Waals surface area contributed by atoms with Crippen LogP contribution in [0.2, 0.25) is 0 Å². The Labute approximate surface area is 150 Å². The summed E-state index contributed by atoms with van der Waals surface area (Å²) < 4.78 is 5.88. The van der Waals surface area contributed by atoms with Gasteiger partial charge in [0.05, 0.1) is 17.1 Å². The second kappa shape index (κ2) is 7.45. The molecule has 0 unspecified atom stereocenters. The predicted molar refractivity (Wildman–Crippen MR) is 96.7 cm³/mol. The summed E-state index contributed by atoms with van der Waals surface area (Å²) in [7, 11) is 0. The molecule has 2 atom stereocenters. The molecule has 2 aromatic rings. The van der Waals surface area contributed by atoms with Gasteiger partial charge in [-0.05, 0) is 36.6 Å². The first-order valence-corrected chi connectivity index (χ1v) is 8.33. The summed E-state index contributed by atoms with van der Waals surface area (Å²) in [5, 5.41) is 14.6. The van der Waals surface area contributed by atoms with Gasteiger partial charge < -0.3 is 4.74 Å². The van der Waals surface area contributed by atoms with Crippen LogP contribution in [0.5, 0.6) is 0 Å². The Kier molecular flexibility index (Phi) is 5.09. The van der Waals surface area contributed by atoms with Crippen LogP contribution in [-0.4, -0.2) is 23.7 Å². The van der Waals surface area contributed by atoms with E-state index in [-0.39, 0.29) is 17.5 Å². The van der Waals surface area contributed by atoms with Gasteiger partial charge in [-0.15, -0.1) is 0 Å². The Hall–Kier alpha value is -3.06. The average molecular weight is 353 g/mol. The van der Waals surface area contributed by atoms with Crippen LogP contribution in [0.1, 0.15) is 24.5 Å². The van der Waals surface area contributed by atoms with E-state index in [0.29, 0.717) is 18.6 Å². The predicted octanol–water partition coefficient (Wildman–Crippen LogP) is 3.00. The second-order valence-corrected chi connectivity index (χ2v) is 6.03. The number of hydrogen-bond donors (Lipinski definition) is 1. The van der Waals surface area contributed by atoms with Crippen molar-refractivity contribution in [3.8, 4) is 0 Å². The van der Waals surface area contributed by atoms with Gasteiger partial charge in [-0.1, -0.05) is 30.3 Å². The topological polar surface area (TPSA) is 93.8 Å². The maximum Gasteiger partial charge on any atom is 0.269 e. The molecule has 1 saturated carbocycles.